The van der Waals surface area contributed by atoms with Gasteiger partial charge >= 0.3 is 0 Å². The molecular weight excluding hydrogens is 280 g/mol. The summed E-state index contributed by atoms with van der Waals surface area (Å²) in [5.41, 5.74) is 1.37. The molecular formula is C16H22N4O2. The molecule has 6 nitrogen and oxygen atoms in total. The number of likely N-dealkylation sites (tertiary alicyclic amines) is 1. The van der Waals surface area contributed by atoms with Crippen molar-refractivity contribution < 1.29 is 9.32 Å². The highest BCUT2D eigenvalue weighted by atomic mass is 16.5. The maximum absolute atomic E-state index is 12.7. The molecule has 0 saturated carbocycles. The summed E-state index contributed by atoms with van der Waals surface area (Å²) in [6.07, 6.45) is 5.66. The molecule has 1 amide bonds. The van der Waals surface area contributed by atoms with Gasteiger partial charge in [-0.05, 0) is 32.3 Å². The fourth-order valence-electron chi connectivity index (χ4n) is 2.97. The van der Waals surface area contributed by atoms with Gasteiger partial charge in [0.25, 0.3) is 5.91 Å². The molecule has 0 aromatic carbocycles. The van der Waals surface area contributed by atoms with Crippen LogP contribution >= 0.6 is 0 Å². The SMILES string of the molecule is CCCc1cc([C@H]2CCCN2C(=O)c2ccn(CC)n2)no1. The number of hydrogen-bond donors (Lipinski definition) is 0. The van der Waals surface area contributed by atoms with E-state index in [9.17, 15) is 4.79 Å². The van der Waals surface area contributed by atoms with Crippen LogP contribution in [0.3, 0.4) is 0 Å². The van der Waals surface area contributed by atoms with Crippen molar-refractivity contribution in [2.75, 3.05) is 6.54 Å². The maximum Gasteiger partial charge on any atom is 0.274 e. The summed E-state index contributed by atoms with van der Waals surface area (Å²) in [4.78, 5) is 14.6. The molecule has 3 heterocycles. The fourth-order valence-corrected chi connectivity index (χ4v) is 2.97. The first-order chi connectivity index (χ1) is 10.7. The maximum atomic E-state index is 12.7. The minimum Gasteiger partial charge on any atom is -0.361 e. The molecule has 1 atom stereocenters. The molecule has 2 aromatic heterocycles. The van der Waals surface area contributed by atoms with Crippen LogP contribution in [0.15, 0.2) is 22.9 Å². The van der Waals surface area contributed by atoms with Gasteiger partial charge in [-0.1, -0.05) is 12.1 Å². The van der Waals surface area contributed by atoms with E-state index >= 15 is 0 Å². The minimum atomic E-state index is -0.0188. The van der Waals surface area contributed by atoms with Gasteiger partial charge < -0.3 is 9.42 Å². The Labute approximate surface area is 130 Å². The van der Waals surface area contributed by atoms with Gasteiger partial charge in [0.2, 0.25) is 0 Å². The van der Waals surface area contributed by atoms with Crippen LogP contribution in [0.1, 0.15) is 61.1 Å². The lowest BCUT2D eigenvalue weighted by atomic mass is 10.1. The van der Waals surface area contributed by atoms with E-state index in [2.05, 4.69) is 17.2 Å². The molecule has 0 spiro atoms. The zero-order chi connectivity index (χ0) is 15.5. The quantitative estimate of drug-likeness (QED) is 0.852. The van der Waals surface area contributed by atoms with Crippen LogP contribution in [0.25, 0.3) is 0 Å². The van der Waals surface area contributed by atoms with Crippen molar-refractivity contribution in [1.29, 1.82) is 0 Å². The highest BCUT2D eigenvalue weighted by Crippen LogP contribution is 2.32. The van der Waals surface area contributed by atoms with Gasteiger partial charge in [-0.2, -0.15) is 5.10 Å². The van der Waals surface area contributed by atoms with Gasteiger partial charge in [0.15, 0.2) is 0 Å². The number of carbonyl (C=O) groups is 1. The number of nitrogens with zero attached hydrogens (tertiary/aromatic N) is 4. The van der Waals surface area contributed by atoms with Gasteiger partial charge in [0.05, 0.1) is 6.04 Å². The summed E-state index contributed by atoms with van der Waals surface area (Å²) in [6.45, 7) is 5.63. The topological polar surface area (TPSA) is 64.2 Å². The second-order valence-electron chi connectivity index (χ2n) is 5.68. The number of hydrogen-bond acceptors (Lipinski definition) is 4. The lowest BCUT2D eigenvalue weighted by Gasteiger charge is -2.21. The van der Waals surface area contributed by atoms with E-state index in [1.165, 1.54) is 0 Å². The largest absolute Gasteiger partial charge is 0.361 e. The van der Waals surface area contributed by atoms with Crippen LogP contribution in [0.5, 0.6) is 0 Å². The van der Waals surface area contributed by atoms with Gasteiger partial charge in [-0.15, -0.1) is 0 Å². The Morgan fingerprint density at radius 2 is 2.32 bits per heavy atom. The molecule has 118 valence electrons. The Balaban J connectivity index is 1.78. The van der Waals surface area contributed by atoms with E-state index in [1.54, 1.807) is 10.7 Å². The Bertz CT molecular complexity index is 646. The summed E-state index contributed by atoms with van der Waals surface area (Å²) >= 11 is 0. The Morgan fingerprint density at radius 3 is 3.05 bits per heavy atom. The normalized spacial score (nSPS) is 18.1. The number of aromatic nitrogens is 3. The third kappa shape index (κ3) is 2.77. The summed E-state index contributed by atoms with van der Waals surface area (Å²) in [7, 11) is 0. The molecule has 0 N–H and O–H groups in total. The first-order valence-electron chi connectivity index (χ1n) is 8.02. The molecule has 0 unspecified atom stereocenters. The van der Waals surface area contributed by atoms with Gasteiger partial charge in [0.1, 0.15) is 17.1 Å². The molecule has 1 saturated heterocycles. The average molecular weight is 302 g/mol. The molecule has 0 radical (unpaired) electrons. The molecule has 2 aromatic rings. The highest BCUT2D eigenvalue weighted by molar-refractivity contribution is 5.92. The summed E-state index contributed by atoms with van der Waals surface area (Å²) in [6, 6.07) is 3.78. The van der Waals surface area contributed by atoms with Crippen LogP contribution in [0, 0.1) is 0 Å². The zero-order valence-electron chi connectivity index (χ0n) is 13.2. The molecule has 0 bridgehead atoms. The predicted octanol–water partition coefficient (Wildman–Crippen LogP) is 2.82. The van der Waals surface area contributed by atoms with Crippen molar-refractivity contribution in [3.63, 3.8) is 0 Å². The van der Waals surface area contributed by atoms with Crippen molar-refractivity contribution >= 4 is 5.91 Å². The third-order valence-electron chi connectivity index (χ3n) is 4.11. The fraction of sp³-hybridized carbons (Fsp3) is 0.562. The van der Waals surface area contributed by atoms with E-state index in [1.807, 2.05) is 24.1 Å². The van der Waals surface area contributed by atoms with Gasteiger partial charge in [-0.3, -0.25) is 9.48 Å². The molecule has 1 aliphatic rings. The average Bonchev–Trinajstić information content (AvgIpc) is 3.26. The van der Waals surface area contributed by atoms with E-state index in [0.29, 0.717) is 5.69 Å². The van der Waals surface area contributed by atoms with Crippen LogP contribution in [0.4, 0.5) is 0 Å². The summed E-state index contributed by atoms with van der Waals surface area (Å²) < 4.78 is 7.14. The molecule has 3 rings (SSSR count). The monoisotopic (exact) mass is 302 g/mol. The first kappa shape index (κ1) is 14.8. The van der Waals surface area contributed by atoms with Gasteiger partial charge in [0, 0.05) is 31.8 Å². The lowest BCUT2D eigenvalue weighted by Crippen LogP contribution is -2.31. The van der Waals surface area contributed by atoms with Crippen LogP contribution < -0.4 is 0 Å². The summed E-state index contributed by atoms with van der Waals surface area (Å²) in [5.74, 6) is 0.877. The molecule has 0 aliphatic carbocycles. The number of amides is 1. The number of rotatable bonds is 5. The van der Waals surface area contributed by atoms with Crippen LogP contribution in [-0.4, -0.2) is 32.3 Å². The van der Waals surface area contributed by atoms with Crippen LogP contribution in [0.2, 0.25) is 0 Å². The summed E-state index contributed by atoms with van der Waals surface area (Å²) in [5, 5.41) is 8.49. The number of aryl methyl sites for hydroxylation is 2. The van der Waals surface area contributed by atoms with Crippen molar-refractivity contribution in [1.82, 2.24) is 19.8 Å². The van der Waals surface area contributed by atoms with Crippen LogP contribution in [-0.2, 0) is 13.0 Å². The van der Waals surface area contributed by atoms with Crippen molar-refractivity contribution in [3.05, 3.63) is 35.5 Å². The Morgan fingerprint density at radius 1 is 1.45 bits per heavy atom. The molecule has 1 fully saturated rings. The van der Waals surface area contributed by atoms with E-state index in [4.69, 9.17) is 4.52 Å². The minimum absolute atomic E-state index is 0.00799. The van der Waals surface area contributed by atoms with E-state index < -0.39 is 0 Å². The molecule has 6 heteroatoms. The van der Waals surface area contributed by atoms with Crippen molar-refractivity contribution in [2.45, 2.75) is 52.1 Å². The van der Waals surface area contributed by atoms with E-state index in [0.717, 1.165) is 50.2 Å². The number of carbonyl (C=O) groups excluding carboxylic acids is 1. The molecule has 22 heavy (non-hydrogen) atoms. The van der Waals surface area contributed by atoms with Gasteiger partial charge in [-0.25, -0.2) is 0 Å². The van der Waals surface area contributed by atoms with Crippen molar-refractivity contribution in [2.24, 2.45) is 0 Å². The Kier molecular flexibility index (Phi) is 4.27. The van der Waals surface area contributed by atoms with E-state index in [-0.39, 0.29) is 11.9 Å². The standard InChI is InChI=1S/C16H22N4O2/c1-3-6-12-11-14(18-22-12)15-7-5-9-20(15)16(21)13-8-10-19(4-2)17-13/h8,10-11,15H,3-7,9H2,1-2H3/t15-/m1/s1. The molecule has 1 aliphatic heterocycles. The second-order valence-corrected chi connectivity index (χ2v) is 5.68. The smallest absolute Gasteiger partial charge is 0.274 e. The van der Waals surface area contributed by atoms with Crippen molar-refractivity contribution in [3.8, 4) is 0 Å². The highest BCUT2D eigenvalue weighted by Gasteiger charge is 2.33. The second kappa shape index (κ2) is 6.34. The Hall–Kier alpha value is -2.11. The first-order valence-corrected chi connectivity index (χ1v) is 8.02. The third-order valence-corrected chi connectivity index (χ3v) is 4.11. The predicted molar refractivity (Wildman–Crippen MR) is 81.4 cm³/mol. The zero-order valence-corrected chi connectivity index (χ0v) is 13.2. The lowest BCUT2D eigenvalue weighted by molar-refractivity contribution is 0.0724.